The molecule has 24 heavy (non-hydrogen) atoms. The first-order valence-corrected chi connectivity index (χ1v) is 9.23. The summed E-state index contributed by atoms with van der Waals surface area (Å²) in [4.78, 5) is 23.7. The van der Waals surface area contributed by atoms with Gasteiger partial charge in [0.25, 0.3) is 0 Å². The maximum Gasteiger partial charge on any atom is 0.303 e. The van der Waals surface area contributed by atoms with E-state index in [1.54, 1.807) is 11.3 Å². The molecule has 0 spiro atoms. The average Bonchev–Trinajstić information content (AvgIpc) is 3.15. The molecular weight excluding hydrogens is 322 g/mol. The van der Waals surface area contributed by atoms with E-state index in [2.05, 4.69) is 22.9 Å². The van der Waals surface area contributed by atoms with Gasteiger partial charge in [0.05, 0.1) is 22.9 Å². The SMILES string of the molecule is Cc1cc(CCC(=O)O)cc([C@@H]2CCCN2Cc2scnc2C)n1. The minimum Gasteiger partial charge on any atom is -0.481 e. The Morgan fingerprint density at radius 1 is 1.42 bits per heavy atom. The fraction of sp³-hybridized carbons (Fsp3) is 0.500. The third-order valence-electron chi connectivity index (χ3n) is 4.56. The van der Waals surface area contributed by atoms with E-state index in [1.165, 1.54) is 11.3 Å². The summed E-state index contributed by atoms with van der Waals surface area (Å²) in [6.45, 7) is 6.04. The van der Waals surface area contributed by atoms with Gasteiger partial charge in [-0.05, 0) is 57.4 Å². The van der Waals surface area contributed by atoms with Crippen LogP contribution in [-0.4, -0.2) is 32.5 Å². The summed E-state index contributed by atoms with van der Waals surface area (Å²) in [7, 11) is 0. The van der Waals surface area contributed by atoms with Crippen molar-refractivity contribution in [2.75, 3.05) is 6.54 Å². The molecule has 128 valence electrons. The number of thiazole rings is 1. The molecule has 0 aliphatic carbocycles. The Morgan fingerprint density at radius 2 is 2.25 bits per heavy atom. The number of rotatable bonds is 6. The number of carboxylic acid groups (broad SMARTS) is 1. The number of aromatic nitrogens is 2. The van der Waals surface area contributed by atoms with Crippen LogP contribution in [0.5, 0.6) is 0 Å². The van der Waals surface area contributed by atoms with E-state index >= 15 is 0 Å². The van der Waals surface area contributed by atoms with Gasteiger partial charge in [0.1, 0.15) is 0 Å². The fourth-order valence-electron chi connectivity index (χ4n) is 3.35. The molecule has 1 atom stereocenters. The summed E-state index contributed by atoms with van der Waals surface area (Å²) >= 11 is 1.71. The molecular formula is C18H23N3O2S. The predicted molar refractivity (Wildman–Crippen MR) is 94.2 cm³/mol. The van der Waals surface area contributed by atoms with Crippen LogP contribution in [0, 0.1) is 13.8 Å². The molecule has 0 bridgehead atoms. The molecule has 3 rings (SSSR count). The van der Waals surface area contributed by atoms with Crippen LogP contribution in [0.25, 0.3) is 0 Å². The molecule has 0 saturated carbocycles. The molecule has 2 aromatic rings. The van der Waals surface area contributed by atoms with Gasteiger partial charge in [0.15, 0.2) is 0 Å². The van der Waals surface area contributed by atoms with Crippen LogP contribution >= 0.6 is 11.3 Å². The summed E-state index contributed by atoms with van der Waals surface area (Å²) < 4.78 is 0. The van der Waals surface area contributed by atoms with E-state index in [-0.39, 0.29) is 6.42 Å². The molecule has 1 aliphatic rings. The van der Waals surface area contributed by atoms with E-state index in [4.69, 9.17) is 10.1 Å². The van der Waals surface area contributed by atoms with Gasteiger partial charge in [0, 0.05) is 23.5 Å². The maximum absolute atomic E-state index is 10.8. The molecule has 3 heterocycles. The molecule has 0 radical (unpaired) electrons. The Bertz CT molecular complexity index is 729. The smallest absolute Gasteiger partial charge is 0.303 e. The van der Waals surface area contributed by atoms with Crippen molar-refractivity contribution >= 4 is 17.3 Å². The Morgan fingerprint density at radius 3 is 2.96 bits per heavy atom. The molecule has 5 nitrogen and oxygen atoms in total. The second-order valence-corrected chi connectivity index (χ2v) is 7.36. The van der Waals surface area contributed by atoms with Crippen molar-refractivity contribution in [1.82, 2.24) is 14.9 Å². The lowest BCUT2D eigenvalue weighted by molar-refractivity contribution is -0.136. The van der Waals surface area contributed by atoms with Gasteiger partial charge in [-0.25, -0.2) is 4.98 Å². The quantitative estimate of drug-likeness (QED) is 0.868. The molecule has 1 N–H and O–H groups in total. The van der Waals surface area contributed by atoms with Crippen molar-refractivity contribution in [3.63, 3.8) is 0 Å². The van der Waals surface area contributed by atoms with Crippen LogP contribution in [0.15, 0.2) is 17.6 Å². The highest BCUT2D eigenvalue weighted by atomic mass is 32.1. The minimum atomic E-state index is -0.755. The second-order valence-electron chi connectivity index (χ2n) is 6.42. The first-order chi connectivity index (χ1) is 11.5. The van der Waals surface area contributed by atoms with Crippen molar-refractivity contribution in [1.29, 1.82) is 0 Å². The van der Waals surface area contributed by atoms with Crippen molar-refractivity contribution < 1.29 is 9.90 Å². The third-order valence-corrected chi connectivity index (χ3v) is 5.48. The highest BCUT2D eigenvalue weighted by molar-refractivity contribution is 7.09. The summed E-state index contributed by atoms with van der Waals surface area (Å²) in [6, 6.07) is 4.41. The first kappa shape index (κ1) is 17.0. The van der Waals surface area contributed by atoms with E-state index in [0.29, 0.717) is 12.5 Å². The van der Waals surface area contributed by atoms with E-state index in [1.807, 2.05) is 18.5 Å². The molecule has 6 heteroatoms. The van der Waals surface area contributed by atoms with Gasteiger partial charge in [-0.2, -0.15) is 0 Å². The van der Waals surface area contributed by atoms with E-state index in [0.717, 1.165) is 42.2 Å². The predicted octanol–water partition coefficient (Wildman–Crippen LogP) is 3.51. The number of pyridine rings is 1. The summed E-state index contributed by atoms with van der Waals surface area (Å²) in [5.41, 5.74) is 6.14. The van der Waals surface area contributed by atoms with Crippen LogP contribution in [0.1, 0.15) is 52.8 Å². The second kappa shape index (κ2) is 7.40. The van der Waals surface area contributed by atoms with Crippen molar-refractivity contribution in [2.24, 2.45) is 0 Å². The largest absolute Gasteiger partial charge is 0.481 e. The lowest BCUT2D eigenvalue weighted by Gasteiger charge is -2.24. The number of hydrogen-bond donors (Lipinski definition) is 1. The number of likely N-dealkylation sites (tertiary alicyclic amines) is 1. The van der Waals surface area contributed by atoms with Crippen LogP contribution < -0.4 is 0 Å². The monoisotopic (exact) mass is 345 g/mol. The molecule has 0 aromatic carbocycles. The molecule has 1 saturated heterocycles. The number of carboxylic acids is 1. The van der Waals surface area contributed by atoms with Crippen molar-refractivity contribution in [3.05, 3.63) is 45.2 Å². The van der Waals surface area contributed by atoms with Crippen molar-refractivity contribution in [3.8, 4) is 0 Å². The van der Waals surface area contributed by atoms with Gasteiger partial charge in [0.2, 0.25) is 0 Å². The topological polar surface area (TPSA) is 66.3 Å². The molecule has 2 aromatic heterocycles. The van der Waals surface area contributed by atoms with Crippen LogP contribution in [0.2, 0.25) is 0 Å². The van der Waals surface area contributed by atoms with Crippen LogP contribution in [-0.2, 0) is 17.8 Å². The van der Waals surface area contributed by atoms with Crippen LogP contribution in [0.4, 0.5) is 0 Å². The Balaban J connectivity index is 1.78. The lowest BCUT2D eigenvalue weighted by atomic mass is 10.0. The summed E-state index contributed by atoms with van der Waals surface area (Å²) in [5, 5.41) is 8.91. The fourth-order valence-corrected chi connectivity index (χ4v) is 4.15. The highest BCUT2D eigenvalue weighted by Crippen LogP contribution is 2.33. The zero-order valence-electron chi connectivity index (χ0n) is 14.2. The Labute approximate surface area is 146 Å². The van der Waals surface area contributed by atoms with Crippen LogP contribution in [0.3, 0.4) is 0 Å². The zero-order chi connectivity index (χ0) is 17.1. The number of nitrogens with zero attached hydrogens (tertiary/aromatic N) is 3. The Hall–Kier alpha value is -1.79. The average molecular weight is 345 g/mol. The number of hydrogen-bond acceptors (Lipinski definition) is 5. The van der Waals surface area contributed by atoms with Gasteiger partial charge in [-0.3, -0.25) is 14.7 Å². The number of aryl methyl sites for hydroxylation is 3. The van der Waals surface area contributed by atoms with E-state index in [9.17, 15) is 4.79 Å². The molecule has 1 aliphatic heterocycles. The van der Waals surface area contributed by atoms with Gasteiger partial charge >= 0.3 is 5.97 Å². The standard InChI is InChI=1S/C18H23N3O2S/c1-12-8-14(5-6-18(22)23)9-15(20-12)16-4-3-7-21(16)10-17-13(2)19-11-24-17/h8-9,11,16H,3-7,10H2,1-2H3,(H,22,23)/t16-/m0/s1. The normalized spacial score (nSPS) is 18.2. The van der Waals surface area contributed by atoms with Gasteiger partial charge < -0.3 is 5.11 Å². The summed E-state index contributed by atoms with van der Waals surface area (Å²) in [6.07, 6.45) is 3.00. The van der Waals surface area contributed by atoms with Crippen molar-refractivity contribution in [2.45, 2.75) is 52.1 Å². The molecule has 0 unspecified atom stereocenters. The lowest BCUT2D eigenvalue weighted by Crippen LogP contribution is -2.23. The minimum absolute atomic E-state index is 0.164. The highest BCUT2D eigenvalue weighted by Gasteiger charge is 2.28. The zero-order valence-corrected chi connectivity index (χ0v) is 15.0. The number of carbonyl (C=O) groups is 1. The van der Waals surface area contributed by atoms with Gasteiger partial charge in [-0.1, -0.05) is 0 Å². The number of aliphatic carboxylic acids is 1. The Kier molecular flexibility index (Phi) is 5.26. The first-order valence-electron chi connectivity index (χ1n) is 8.35. The summed E-state index contributed by atoms with van der Waals surface area (Å²) in [5.74, 6) is -0.755. The van der Waals surface area contributed by atoms with Gasteiger partial charge in [-0.15, -0.1) is 11.3 Å². The third kappa shape index (κ3) is 3.99. The maximum atomic E-state index is 10.8. The van der Waals surface area contributed by atoms with E-state index < -0.39 is 5.97 Å². The molecule has 0 amide bonds. The molecule has 1 fully saturated rings.